The van der Waals surface area contributed by atoms with Gasteiger partial charge in [0.15, 0.2) is 0 Å². The Labute approximate surface area is 117 Å². The van der Waals surface area contributed by atoms with Gasteiger partial charge in [-0.3, -0.25) is 0 Å². The van der Waals surface area contributed by atoms with Crippen LogP contribution in [0.4, 0.5) is 0 Å². The van der Waals surface area contributed by atoms with Gasteiger partial charge in [-0.25, -0.2) is 0 Å². The third-order valence-corrected chi connectivity index (χ3v) is 3.83. The van der Waals surface area contributed by atoms with Gasteiger partial charge in [-0.2, -0.15) is 0 Å². The van der Waals surface area contributed by atoms with Crippen LogP contribution in [0, 0.1) is 19.8 Å². The van der Waals surface area contributed by atoms with Gasteiger partial charge >= 0.3 is 0 Å². The molecular formula is C17H27NO. The van der Waals surface area contributed by atoms with Crippen molar-refractivity contribution in [2.75, 3.05) is 6.61 Å². The molecule has 2 N–H and O–H groups in total. The van der Waals surface area contributed by atoms with Gasteiger partial charge in [-0.1, -0.05) is 24.1 Å². The lowest BCUT2D eigenvalue weighted by Gasteiger charge is -2.27. The van der Waals surface area contributed by atoms with Crippen molar-refractivity contribution in [3.8, 4) is 5.75 Å². The van der Waals surface area contributed by atoms with E-state index in [0.717, 1.165) is 24.7 Å². The molecule has 1 aliphatic carbocycles. The minimum Gasteiger partial charge on any atom is -0.493 e. The number of nitrogens with two attached hydrogens (primary N) is 1. The van der Waals surface area contributed by atoms with E-state index in [2.05, 4.69) is 39.8 Å². The molecule has 0 spiro atoms. The average molecular weight is 261 g/mol. The standard InChI is InChI=1S/C17H27NO/c1-12-8-13(2)16(19-11-14-6-5-7-14)15(9-12)10-17(3,4)18/h8-9,14H,5-7,10-11,18H2,1-4H3. The Balaban J connectivity index is 2.17. The van der Waals surface area contributed by atoms with Crippen molar-refractivity contribution >= 4 is 0 Å². The highest BCUT2D eigenvalue weighted by Gasteiger charge is 2.21. The van der Waals surface area contributed by atoms with Gasteiger partial charge in [0, 0.05) is 5.54 Å². The lowest BCUT2D eigenvalue weighted by Crippen LogP contribution is -2.34. The molecule has 0 saturated heterocycles. The summed E-state index contributed by atoms with van der Waals surface area (Å²) in [7, 11) is 0. The Morgan fingerprint density at radius 1 is 1.26 bits per heavy atom. The first-order valence-corrected chi connectivity index (χ1v) is 7.37. The highest BCUT2D eigenvalue weighted by atomic mass is 16.5. The minimum absolute atomic E-state index is 0.200. The summed E-state index contributed by atoms with van der Waals surface area (Å²) in [5.41, 5.74) is 9.75. The zero-order valence-corrected chi connectivity index (χ0v) is 12.8. The second-order valence-corrected chi connectivity index (χ2v) is 6.84. The van der Waals surface area contributed by atoms with E-state index in [4.69, 9.17) is 10.5 Å². The summed E-state index contributed by atoms with van der Waals surface area (Å²) >= 11 is 0. The number of ether oxygens (including phenoxy) is 1. The zero-order valence-electron chi connectivity index (χ0n) is 12.8. The molecule has 0 amide bonds. The smallest absolute Gasteiger partial charge is 0.125 e. The van der Waals surface area contributed by atoms with Crippen molar-refractivity contribution in [1.29, 1.82) is 0 Å². The molecule has 0 radical (unpaired) electrons. The molecule has 0 aromatic heterocycles. The van der Waals surface area contributed by atoms with Crippen molar-refractivity contribution in [1.82, 2.24) is 0 Å². The fraction of sp³-hybridized carbons (Fsp3) is 0.647. The Kier molecular flexibility index (Phi) is 4.19. The molecule has 2 heteroatoms. The van der Waals surface area contributed by atoms with Crippen LogP contribution in [0.2, 0.25) is 0 Å². The molecule has 0 heterocycles. The maximum absolute atomic E-state index is 6.17. The van der Waals surface area contributed by atoms with Crippen LogP contribution < -0.4 is 10.5 Å². The van der Waals surface area contributed by atoms with E-state index >= 15 is 0 Å². The third-order valence-electron chi connectivity index (χ3n) is 3.83. The van der Waals surface area contributed by atoms with E-state index in [1.54, 1.807) is 0 Å². The van der Waals surface area contributed by atoms with E-state index < -0.39 is 0 Å². The second-order valence-electron chi connectivity index (χ2n) is 6.84. The molecule has 19 heavy (non-hydrogen) atoms. The van der Waals surface area contributed by atoms with E-state index in [9.17, 15) is 0 Å². The lowest BCUT2D eigenvalue weighted by molar-refractivity contribution is 0.178. The quantitative estimate of drug-likeness (QED) is 0.876. The van der Waals surface area contributed by atoms with Crippen LogP contribution >= 0.6 is 0 Å². The monoisotopic (exact) mass is 261 g/mol. The number of hydrogen-bond acceptors (Lipinski definition) is 2. The van der Waals surface area contributed by atoms with Crippen molar-refractivity contribution in [3.63, 3.8) is 0 Å². The summed E-state index contributed by atoms with van der Waals surface area (Å²) in [6.07, 6.45) is 4.87. The molecule has 1 aromatic rings. The number of aryl methyl sites for hydroxylation is 2. The van der Waals surface area contributed by atoms with Gasteiger partial charge in [-0.05, 0) is 64.0 Å². The molecule has 106 valence electrons. The average Bonchev–Trinajstić information content (AvgIpc) is 2.16. The highest BCUT2D eigenvalue weighted by molar-refractivity contribution is 5.44. The van der Waals surface area contributed by atoms with Crippen LogP contribution in [0.15, 0.2) is 12.1 Å². The summed E-state index contributed by atoms with van der Waals surface area (Å²) < 4.78 is 6.12. The fourth-order valence-electron chi connectivity index (χ4n) is 2.73. The highest BCUT2D eigenvalue weighted by Crippen LogP contribution is 2.31. The summed E-state index contributed by atoms with van der Waals surface area (Å²) in [6, 6.07) is 4.42. The van der Waals surface area contributed by atoms with E-state index in [-0.39, 0.29) is 5.54 Å². The molecular weight excluding hydrogens is 234 g/mol. The van der Waals surface area contributed by atoms with Crippen LogP contribution in [0.25, 0.3) is 0 Å². The topological polar surface area (TPSA) is 35.2 Å². The third kappa shape index (κ3) is 3.97. The first-order chi connectivity index (χ1) is 8.85. The Bertz CT molecular complexity index is 441. The van der Waals surface area contributed by atoms with Gasteiger partial charge in [-0.15, -0.1) is 0 Å². The first-order valence-electron chi connectivity index (χ1n) is 7.37. The molecule has 1 saturated carbocycles. The SMILES string of the molecule is Cc1cc(C)c(OCC2CCC2)c(CC(C)(C)N)c1. The minimum atomic E-state index is -0.200. The molecule has 0 unspecified atom stereocenters. The molecule has 2 rings (SSSR count). The van der Waals surface area contributed by atoms with E-state index in [0.29, 0.717) is 0 Å². The fourth-order valence-corrected chi connectivity index (χ4v) is 2.73. The van der Waals surface area contributed by atoms with Gasteiger partial charge < -0.3 is 10.5 Å². The first kappa shape index (κ1) is 14.4. The Morgan fingerprint density at radius 3 is 2.47 bits per heavy atom. The summed E-state index contributed by atoms with van der Waals surface area (Å²) in [4.78, 5) is 0. The van der Waals surface area contributed by atoms with E-state index in [1.807, 2.05) is 0 Å². The van der Waals surface area contributed by atoms with Crippen LogP contribution in [-0.4, -0.2) is 12.1 Å². The maximum atomic E-state index is 6.17. The molecule has 1 aliphatic rings. The summed E-state index contributed by atoms with van der Waals surface area (Å²) in [6.45, 7) is 9.27. The van der Waals surface area contributed by atoms with E-state index in [1.165, 1.54) is 36.0 Å². The molecule has 0 bridgehead atoms. The number of benzene rings is 1. The normalized spacial score (nSPS) is 16.3. The predicted molar refractivity (Wildman–Crippen MR) is 80.7 cm³/mol. The van der Waals surface area contributed by atoms with Crippen molar-refractivity contribution in [2.45, 2.75) is 58.9 Å². The maximum Gasteiger partial charge on any atom is 0.125 e. The van der Waals surface area contributed by atoms with Gasteiger partial charge in [0.2, 0.25) is 0 Å². The van der Waals surface area contributed by atoms with Gasteiger partial charge in [0.1, 0.15) is 5.75 Å². The van der Waals surface area contributed by atoms with Gasteiger partial charge in [0.25, 0.3) is 0 Å². The summed E-state index contributed by atoms with van der Waals surface area (Å²) in [5.74, 6) is 1.83. The zero-order chi connectivity index (χ0) is 14.0. The van der Waals surface area contributed by atoms with Crippen molar-refractivity contribution in [2.24, 2.45) is 11.7 Å². The molecule has 0 atom stereocenters. The van der Waals surface area contributed by atoms with Crippen LogP contribution in [0.1, 0.15) is 49.8 Å². The summed E-state index contributed by atoms with van der Waals surface area (Å²) in [5, 5.41) is 0. The Morgan fingerprint density at radius 2 is 1.95 bits per heavy atom. The van der Waals surface area contributed by atoms with Crippen molar-refractivity contribution in [3.05, 3.63) is 28.8 Å². The Hall–Kier alpha value is -1.02. The predicted octanol–water partition coefficient (Wildman–Crippen LogP) is 3.76. The van der Waals surface area contributed by atoms with Gasteiger partial charge in [0.05, 0.1) is 6.61 Å². The number of rotatable bonds is 5. The molecule has 0 aliphatic heterocycles. The van der Waals surface area contributed by atoms with Crippen LogP contribution in [0.3, 0.4) is 0 Å². The molecule has 2 nitrogen and oxygen atoms in total. The lowest BCUT2D eigenvalue weighted by atomic mass is 9.86. The second kappa shape index (κ2) is 5.54. The number of hydrogen-bond donors (Lipinski definition) is 1. The molecule has 1 fully saturated rings. The van der Waals surface area contributed by atoms with Crippen LogP contribution in [0.5, 0.6) is 5.75 Å². The van der Waals surface area contributed by atoms with Crippen LogP contribution in [-0.2, 0) is 6.42 Å². The molecule has 1 aromatic carbocycles. The van der Waals surface area contributed by atoms with Crippen molar-refractivity contribution < 1.29 is 4.74 Å². The largest absolute Gasteiger partial charge is 0.493 e.